The Morgan fingerprint density at radius 2 is 1.56 bits per heavy atom. The van der Waals surface area contributed by atoms with Crippen molar-refractivity contribution in [2.45, 2.75) is 24.5 Å². The number of alkyl carbamates (subject to hydrolysis) is 1. The smallest absolute Gasteiger partial charge is 0.407 e. The minimum absolute atomic E-state index is 0.00822. The lowest BCUT2D eigenvalue weighted by Gasteiger charge is -2.20. The summed E-state index contributed by atoms with van der Waals surface area (Å²) in [7, 11) is 0. The van der Waals surface area contributed by atoms with Crippen molar-refractivity contribution in [3.63, 3.8) is 0 Å². The molecular formula is C26H25NO7. The van der Waals surface area contributed by atoms with E-state index >= 15 is 0 Å². The van der Waals surface area contributed by atoms with Gasteiger partial charge >= 0.3 is 12.1 Å². The second-order valence-corrected chi connectivity index (χ2v) is 8.13. The average molecular weight is 463 g/mol. The van der Waals surface area contributed by atoms with E-state index in [1.165, 1.54) is 6.07 Å². The van der Waals surface area contributed by atoms with Crippen LogP contribution in [0.1, 0.15) is 45.5 Å². The number of aliphatic hydroxyl groups excluding tert-OH is 2. The number of phenols is 1. The van der Waals surface area contributed by atoms with Gasteiger partial charge in [0.15, 0.2) is 0 Å². The molecule has 1 aliphatic rings. The third-order valence-corrected chi connectivity index (χ3v) is 6.01. The zero-order valence-electron chi connectivity index (χ0n) is 18.2. The van der Waals surface area contributed by atoms with Crippen LogP contribution >= 0.6 is 0 Å². The maximum Gasteiger partial charge on any atom is 0.407 e. The highest BCUT2D eigenvalue weighted by Gasteiger charge is 2.29. The second-order valence-electron chi connectivity index (χ2n) is 8.13. The molecule has 0 aromatic heterocycles. The van der Waals surface area contributed by atoms with E-state index in [2.05, 4.69) is 5.32 Å². The van der Waals surface area contributed by atoms with Crippen molar-refractivity contribution < 1.29 is 34.8 Å². The van der Waals surface area contributed by atoms with Crippen molar-refractivity contribution in [1.82, 2.24) is 5.32 Å². The Hall–Kier alpha value is -3.88. The van der Waals surface area contributed by atoms with Crippen molar-refractivity contribution in [3.05, 3.63) is 89.0 Å². The lowest BCUT2D eigenvalue weighted by atomic mass is 9.98. The maximum absolute atomic E-state index is 12.2. The average Bonchev–Trinajstić information content (AvgIpc) is 3.16. The lowest BCUT2D eigenvalue weighted by molar-refractivity contribution is 0.0123. The summed E-state index contributed by atoms with van der Waals surface area (Å²) in [6.45, 7) is 0.162. The van der Waals surface area contributed by atoms with E-state index < -0.39 is 24.3 Å². The van der Waals surface area contributed by atoms with Crippen molar-refractivity contribution in [1.29, 1.82) is 0 Å². The van der Waals surface area contributed by atoms with Gasteiger partial charge in [0.05, 0.1) is 11.7 Å². The molecule has 0 saturated heterocycles. The van der Waals surface area contributed by atoms with Gasteiger partial charge in [0.25, 0.3) is 0 Å². The molecule has 8 nitrogen and oxygen atoms in total. The molecule has 0 radical (unpaired) electrons. The molecule has 5 N–H and O–H groups in total. The van der Waals surface area contributed by atoms with Crippen molar-refractivity contribution >= 4 is 12.1 Å². The van der Waals surface area contributed by atoms with Crippen molar-refractivity contribution in [2.24, 2.45) is 0 Å². The van der Waals surface area contributed by atoms with Crippen LogP contribution in [-0.2, 0) is 4.74 Å². The molecule has 34 heavy (non-hydrogen) atoms. The summed E-state index contributed by atoms with van der Waals surface area (Å²) in [4.78, 5) is 23.3. The number of aliphatic hydroxyl groups is 2. The summed E-state index contributed by atoms with van der Waals surface area (Å²) < 4.78 is 5.43. The molecule has 8 heteroatoms. The first-order chi connectivity index (χ1) is 16.4. The van der Waals surface area contributed by atoms with Crippen LogP contribution in [0.4, 0.5) is 4.79 Å². The number of carboxylic acids is 1. The minimum atomic E-state index is -1.52. The standard InChI is InChI=1S/C26H25NO7/c28-22-10-9-15(25(31)32)13-20(22)24(30)23(29)11-12-27-26(33)34-14-21-18-7-3-1-5-16(18)17-6-2-4-8-19(17)21/h1-10,13,21,23-24,28-30H,11-12,14H2,(H,27,33)(H,31,32). The molecule has 0 saturated carbocycles. The molecule has 0 heterocycles. The zero-order valence-corrected chi connectivity index (χ0v) is 18.2. The first-order valence-corrected chi connectivity index (χ1v) is 10.9. The van der Waals surface area contributed by atoms with Crippen LogP contribution < -0.4 is 5.32 Å². The van der Waals surface area contributed by atoms with Gasteiger partial charge in [-0.15, -0.1) is 0 Å². The number of ether oxygens (including phenoxy) is 1. The molecule has 1 aliphatic carbocycles. The summed E-state index contributed by atoms with van der Waals surface area (Å²) in [6, 6.07) is 19.4. The van der Waals surface area contributed by atoms with E-state index in [0.29, 0.717) is 0 Å². The Morgan fingerprint density at radius 3 is 2.18 bits per heavy atom. The van der Waals surface area contributed by atoms with E-state index in [4.69, 9.17) is 9.84 Å². The van der Waals surface area contributed by atoms with Gasteiger partial charge in [-0.05, 0) is 46.9 Å². The molecule has 3 aromatic rings. The van der Waals surface area contributed by atoms with Gasteiger partial charge in [0.2, 0.25) is 0 Å². The van der Waals surface area contributed by atoms with Gasteiger partial charge in [-0.3, -0.25) is 0 Å². The Balaban J connectivity index is 1.30. The maximum atomic E-state index is 12.2. The third-order valence-electron chi connectivity index (χ3n) is 6.01. The van der Waals surface area contributed by atoms with Crippen LogP contribution in [0, 0.1) is 0 Å². The molecule has 1 amide bonds. The number of phenolic OH excluding ortho intramolecular Hbond substituents is 1. The van der Waals surface area contributed by atoms with E-state index in [1.807, 2.05) is 48.5 Å². The number of amides is 1. The fourth-order valence-electron chi connectivity index (χ4n) is 4.26. The topological polar surface area (TPSA) is 136 Å². The number of aromatic hydroxyl groups is 1. The largest absolute Gasteiger partial charge is 0.508 e. The number of aromatic carboxylic acids is 1. The van der Waals surface area contributed by atoms with E-state index in [-0.39, 0.29) is 42.4 Å². The first kappa shape index (κ1) is 23.3. The van der Waals surface area contributed by atoms with Gasteiger partial charge in [-0.2, -0.15) is 0 Å². The highest BCUT2D eigenvalue weighted by Crippen LogP contribution is 2.44. The number of carboxylic acid groups (broad SMARTS) is 1. The lowest BCUT2D eigenvalue weighted by Crippen LogP contribution is -2.30. The first-order valence-electron chi connectivity index (χ1n) is 10.9. The van der Waals surface area contributed by atoms with Gasteiger partial charge in [-0.25, -0.2) is 9.59 Å². The minimum Gasteiger partial charge on any atom is -0.508 e. The normalized spacial score (nSPS) is 14.1. The molecule has 0 bridgehead atoms. The number of carbonyl (C=O) groups is 2. The van der Waals surface area contributed by atoms with E-state index in [9.17, 15) is 24.9 Å². The number of hydrogen-bond acceptors (Lipinski definition) is 6. The van der Waals surface area contributed by atoms with Crippen LogP contribution in [-0.4, -0.2) is 51.7 Å². The predicted octanol–water partition coefficient (Wildman–Crippen LogP) is 3.41. The van der Waals surface area contributed by atoms with Crippen molar-refractivity contribution in [2.75, 3.05) is 13.2 Å². The fourth-order valence-corrected chi connectivity index (χ4v) is 4.26. The highest BCUT2D eigenvalue weighted by molar-refractivity contribution is 5.88. The molecule has 176 valence electrons. The molecule has 2 atom stereocenters. The number of hydrogen-bond donors (Lipinski definition) is 5. The van der Waals surface area contributed by atoms with E-state index in [1.54, 1.807) is 0 Å². The van der Waals surface area contributed by atoms with Gasteiger partial charge in [0, 0.05) is 18.0 Å². The summed E-state index contributed by atoms with van der Waals surface area (Å²) in [5.41, 5.74) is 4.21. The molecule has 0 spiro atoms. The Morgan fingerprint density at radius 1 is 0.941 bits per heavy atom. The second kappa shape index (κ2) is 9.94. The van der Waals surface area contributed by atoms with E-state index in [0.717, 1.165) is 34.4 Å². The number of nitrogens with one attached hydrogen (secondary N) is 1. The van der Waals surface area contributed by atoms with Gasteiger partial charge in [0.1, 0.15) is 18.5 Å². The molecule has 0 fully saturated rings. The van der Waals surface area contributed by atoms with Gasteiger partial charge < -0.3 is 30.5 Å². The number of rotatable bonds is 8. The van der Waals surface area contributed by atoms with Gasteiger partial charge in [-0.1, -0.05) is 48.5 Å². The summed E-state index contributed by atoms with van der Waals surface area (Å²) in [6.07, 6.45) is -3.56. The highest BCUT2D eigenvalue weighted by atomic mass is 16.5. The monoisotopic (exact) mass is 463 g/mol. The van der Waals surface area contributed by atoms with Crippen LogP contribution in [0.5, 0.6) is 5.75 Å². The summed E-state index contributed by atoms with van der Waals surface area (Å²) >= 11 is 0. The molecular weight excluding hydrogens is 438 g/mol. The number of carbonyl (C=O) groups excluding carboxylic acids is 1. The fraction of sp³-hybridized carbons (Fsp3) is 0.231. The zero-order chi connectivity index (χ0) is 24.2. The number of fused-ring (bicyclic) bond motifs is 3. The predicted molar refractivity (Wildman–Crippen MR) is 124 cm³/mol. The van der Waals surface area contributed by atoms with Crippen LogP contribution in [0.3, 0.4) is 0 Å². The molecule has 4 rings (SSSR count). The Bertz CT molecular complexity index is 1160. The molecule has 2 unspecified atom stereocenters. The quantitative estimate of drug-likeness (QED) is 0.345. The van der Waals surface area contributed by atoms with Crippen LogP contribution in [0.2, 0.25) is 0 Å². The Kier molecular flexibility index (Phi) is 6.81. The summed E-state index contributed by atoms with van der Waals surface area (Å²) in [5, 5.41) is 42.1. The summed E-state index contributed by atoms with van der Waals surface area (Å²) in [5.74, 6) is -1.63. The molecule has 0 aliphatic heterocycles. The number of benzene rings is 3. The third kappa shape index (κ3) is 4.73. The Labute approximate surface area is 196 Å². The van der Waals surface area contributed by atoms with Crippen LogP contribution in [0.25, 0.3) is 11.1 Å². The SMILES string of the molecule is O=C(NCCC(O)C(O)c1cc(C(=O)O)ccc1O)OCC1c2ccccc2-c2ccccc21. The van der Waals surface area contributed by atoms with Crippen molar-refractivity contribution in [3.8, 4) is 16.9 Å². The van der Waals surface area contributed by atoms with Crippen LogP contribution in [0.15, 0.2) is 66.7 Å². The molecule has 3 aromatic carbocycles.